The van der Waals surface area contributed by atoms with Gasteiger partial charge in [-0.15, -0.1) is 0 Å². The van der Waals surface area contributed by atoms with E-state index >= 15 is 0 Å². The predicted octanol–water partition coefficient (Wildman–Crippen LogP) is 2.23. The molecule has 1 aromatic rings. The fourth-order valence-corrected chi connectivity index (χ4v) is 2.08. The fraction of sp³-hybridized carbons (Fsp3) is 0.500. The normalized spacial score (nSPS) is 22.8. The van der Waals surface area contributed by atoms with Crippen molar-refractivity contribution >= 4 is 0 Å². The van der Waals surface area contributed by atoms with Crippen molar-refractivity contribution in [3.05, 3.63) is 29.8 Å². The van der Waals surface area contributed by atoms with E-state index in [2.05, 4.69) is 17.9 Å². The summed E-state index contributed by atoms with van der Waals surface area (Å²) in [5.41, 5.74) is 1.21. The molecule has 1 aromatic carbocycles. The van der Waals surface area contributed by atoms with Crippen LogP contribution in [0, 0.1) is 5.92 Å². The summed E-state index contributed by atoms with van der Waals surface area (Å²) in [6.45, 7) is 5.65. The summed E-state index contributed by atoms with van der Waals surface area (Å²) >= 11 is 0. The molecule has 2 nitrogen and oxygen atoms in total. The minimum absolute atomic E-state index is 0.370. The lowest BCUT2D eigenvalue weighted by atomic mass is 10.2. The van der Waals surface area contributed by atoms with Crippen molar-refractivity contribution in [1.82, 2.24) is 4.90 Å². The number of hydrogen-bond donors (Lipinski definition) is 1. The van der Waals surface area contributed by atoms with Crippen LogP contribution < -0.4 is 0 Å². The molecule has 1 atom stereocenters. The molecule has 0 saturated carbocycles. The van der Waals surface area contributed by atoms with Gasteiger partial charge in [0.2, 0.25) is 0 Å². The Balaban J connectivity index is 1.97. The molecule has 1 fully saturated rings. The second-order valence-corrected chi connectivity index (χ2v) is 4.30. The highest BCUT2D eigenvalue weighted by molar-refractivity contribution is 5.27. The smallest absolute Gasteiger partial charge is 0.115 e. The summed E-state index contributed by atoms with van der Waals surface area (Å²) in [6, 6.07) is 7.55. The summed E-state index contributed by atoms with van der Waals surface area (Å²) in [7, 11) is 0. The topological polar surface area (TPSA) is 23.5 Å². The van der Waals surface area contributed by atoms with Gasteiger partial charge < -0.3 is 5.11 Å². The molecular formula is C12H17NO. The minimum Gasteiger partial charge on any atom is -0.508 e. The molecule has 1 unspecified atom stereocenters. The fourth-order valence-electron chi connectivity index (χ4n) is 2.08. The first kappa shape index (κ1) is 9.53. The molecule has 2 rings (SSSR count). The van der Waals surface area contributed by atoms with E-state index in [-0.39, 0.29) is 0 Å². The molecule has 1 aliphatic heterocycles. The number of rotatable bonds is 2. The summed E-state index contributed by atoms with van der Waals surface area (Å²) in [5, 5.41) is 9.32. The first-order valence-corrected chi connectivity index (χ1v) is 5.24. The van der Waals surface area contributed by atoms with Gasteiger partial charge in [-0.3, -0.25) is 4.90 Å². The first-order chi connectivity index (χ1) is 6.74. The number of hydrogen-bond acceptors (Lipinski definition) is 2. The molecule has 1 aliphatic rings. The van der Waals surface area contributed by atoms with E-state index in [4.69, 9.17) is 0 Å². The average Bonchev–Trinajstić information content (AvgIpc) is 2.51. The Kier molecular flexibility index (Phi) is 2.73. The number of phenols is 1. The number of likely N-dealkylation sites (tertiary alicyclic amines) is 1. The van der Waals surface area contributed by atoms with Crippen LogP contribution in [0.2, 0.25) is 0 Å². The third-order valence-corrected chi connectivity index (χ3v) is 2.82. The molecule has 0 radical (unpaired) electrons. The Morgan fingerprint density at radius 2 is 2.36 bits per heavy atom. The van der Waals surface area contributed by atoms with Crippen LogP contribution in [0.1, 0.15) is 18.9 Å². The van der Waals surface area contributed by atoms with Crippen LogP contribution in [0.25, 0.3) is 0 Å². The molecular weight excluding hydrogens is 174 g/mol. The van der Waals surface area contributed by atoms with Crippen molar-refractivity contribution in [1.29, 1.82) is 0 Å². The van der Waals surface area contributed by atoms with Crippen molar-refractivity contribution in [2.45, 2.75) is 19.9 Å². The van der Waals surface area contributed by atoms with Crippen LogP contribution >= 0.6 is 0 Å². The van der Waals surface area contributed by atoms with E-state index in [1.165, 1.54) is 25.1 Å². The summed E-state index contributed by atoms with van der Waals surface area (Å²) < 4.78 is 0. The van der Waals surface area contributed by atoms with E-state index in [1.807, 2.05) is 12.1 Å². The molecule has 2 heteroatoms. The van der Waals surface area contributed by atoms with Gasteiger partial charge in [0.15, 0.2) is 0 Å². The molecule has 1 saturated heterocycles. The van der Waals surface area contributed by atoms with Gasteiger partial charge in [-0.1, -0.05) is 19.1 Å². The quantitative estimate of drug-likeness (QED) is 0.775. The Morgan fingerprint density at radius 3 is 3.00 bits per heavy atom. The number of benzene rings is 1. The Bertz CT molecular complexity index is 311. The van der Waals surface area contributed by atoms with Crippen LogP contribution in [0.15, 0.2) is 24.3 Å². The summed E-state index contributed by atoms with van der Waals surface area (Å²) in [6.07, 6.45) is 1.30. The number of aromatic hydroxyl groups is 1. The van der Waals surface area contributed by atoms with Crippen molar-refractivity contribution in [2.75, 3.05) is 13.1 Å². The van der Waals surface area contributed by atoms with Crippen molar-refractivity contribution in [3.63, 3.8) is 0 Å². The van der Waals surface area contributed by atoms with Crippen LogP contribution in [-0.2, 0) is 6.54 Å². The lowest BCUT2D eigenvalue weighted by Gasteiger charge is -2.15. The van der Waals surface area contributed by atoms with Gasteiger partial charge >= 0.3 is 0 Å². The maximum Gasteiger partial charge on any atom is 0.115 e. The van der Waals surface area contributed by atoms with Crippen molar-refractivity contribution in [3.8, 4) is 5.75 Å². The zero-order chi connectivity index (χ0) is 9.97. The van der Waals surface area contributed by atoms with Gasteiger partial charge in [0, 0.05) is 13.1 Å². The second kappa shape index (κ2) is 4.01. The average molecular weight is 191 g/mol. The van der Waals surface area contributed by atoms with Crippen LogP contribution in [-0.4, -0.2) is 23.1 Å². The van der Waals surface area contributed by atoms with Crippen molar-refractivity contribution < 1.29 is 5.11 Å². The Hall–Kier alpha value is -1.02. The maximum atomic E-state index is 9.32. The number of phenolic OH excluding ortho intramolecular Hbond substituents is 1. The van der Waals surface area contributed by atoms with E-state index in [0.29, 0.717) is 5.75 Å². The Morgan fingerprint density at radius 1 is 1.50 bits per heavy atom. The monoisotopic (exact) mass is 191 g/mol. The summed E-state index contributed by atoms with van der Waals surface area (Å²) in [4.78, 5) is 2.44. The molecule has 76 valence electrons. The van der Waals surface area contributed by atoms with Gasteiger partial charge in [-0.2, -0.15) is 0 Å². The third-order valence-electron chi connectivity index (χ3n) is 2.82. The third kappa shape index (κ3) is 2.26. The molecule has 0 spiro atoms. The second-order valence-electron chi connectivity index (χ2n) is 4.30. The first-order valence-electron chi connectivity index (χ1n) is 5.24. The lowest BCUT2D eigenvalue weighted by Crippen LogP contribution is -2.19. The van der Waals surface area contributed by atoms with Gasteiger partial charge in [-0.05, 0) is 36.6 Å². The highest BCUT2D eigenvalue weighted by Gasteiger charge is 2.18. The molecule has 0 bridgehead atoms. The van der Waals surface area contributed by atoms with Gasteiger partial charge in [-0.25, -0.2) is 0 Å². The van der Waals surface area contributed by atoms with Gasteiger partial charge in [0.1, 0.15) is 5.75 Å². The van der Waals surface area contributed by atoms with Gasteiger partial charge in [0.05, 0.1) is 0 Å². The highest BCUT2D eigenvalue weighted by Crippen LogP contribution is 2.19. The summed E-state index contributed by atoms with van der Waals surface area (Å²) in [5.74, 6) is 1.20. The Labute approximate surface area is 85.2 Å². The van der Waals surface area contributed by atoms with Crippen LogP contribution in [0.4, 0.5) is 0 Å². The maximum absolute atomic E-state index is 9.32. The molecule has 0 aliphatic carbocycles. The van der Waals surface area contributed by atoms with Crippen molar-refractivity contribution in [2.24, 2.45) is 5.92 Å². The molecule has 1 N–H and O–H groups in total. The zero-order valence-electron chi connectivity index (χ0n) is 8.61. The highest BCUT2D eigenvalue weighted by atomic mass is 16.3. The molecule has 0 aromatic heterocycles. The van der Waals surface area contributed by atoms with Crippen LogP contribution in [0.5, 0.6) is 5.75 Å². The predicted molar refractivity (Wildman–Crippen MR) is 57.2 cm³/mol. The molecule has 1 heterocycles. The van der Waals surface area contributed by atoms with E-state index in [1.54, 1.807) is 6.07 Å². The standard InChI is InChI=1S/C12H17NO/c1-10-5-6-13(8-10)9-11-3-2-4-12(14)7-11/h2-4,7,10,14H,5-6,8-9H2,1H3. The lowest BCUT2D eigenvalue weighted by molar-refractivity contribution is 0.320. The van der Waals surface area contributed by atoms with E-state index < -0.39 is 0 Å². The zero-order valence-corrected chi connectivity index (χ0v) is 8.61. The SMILES string of the molecule is CC1CCN(Cc2cccc(O)c2)C1. The van der Waals surface area contributed by atoms with Gasteiger partial charge in [0.25, 0.3) is 0 Å². The molecule has 0 amide bonds. The minimum atomic E-state index is 0.370. The molecule has 14 heavy (non-hydrogen) atoms. The van der Waals surface area contributed by atoms with E-state index in [9.17, 15) is 5.11 Å². The largest absolute Gasteiger partial charge is 0.508 e. The van der Waals surface area contributed by atoms with Crippen LogP contribution in [0.3, 0.4) is 0 Å². The number of nitrogens with zero attached hydrogens (tertiary/aromatic N) is 1. The van der Waals surface area contributed by atoms with E-state index in [0.717, 1.165) is 12.5 Å².